The van der Waals surface area contributed by atoms with E-state index in [1.165, 1.54) is 0 Å². The van der Waals surface area contributed by atoms with Crippen molar-refractivity contribution in [2.24, 2.45) is 0 Å². The Morgan fingerprint density at radius 2 is 2.07 bits per heavy atom. The number of thiophene rings is 1. The normalized spacial score (nSPS) is 10.9. The van der Waals surface area contributed by atoms with Gasteiger partial charge in [-0.15, -0.1) is 27.8 Å². The number of nitrogens with one attached hydrogen (secondary N) is 1. The molecular weight excluding hydrogens is 412 g/mol. The number of thiazole rings is 1. The second-order valence-corrected chi connectivity index (χ2v) is 8.42. The van der Waals surface area contributed by atoms with E-state index in [4.69, 9.17) is 14.5 Å². The van der Waals surface area contributed by atoms with Crippen LogP contribution in [0.25, 0.3) is 21.3 Å². The summed E-state index contributed by atoms with van der Waals surface area (Å²) in [5.41, 5.74) is 2.01. The highest BCUT2D eigenvalue weighted by Crippen LogP contribution is 2.34. The lowest BCUT2D eigenvalue weighted by Crippen LogP contribution is -1.95. The quantitative estimate of drug-likeness (QED) is 0.380. The van der Waals surface area contributed by atoms with Crippen LogP contribution in [-0.2, 0) is 5.75 Å². The predicted molar refractivity (Wildman–Crippen MR) is 115 cm³/mol. The molecule has 0 saturated heterocycles. The summed E-state index contributed by atoms with van der Waals surface area (Å²) in [5, 5.41) is 13.0. The number of aromatic amines is 1. The van der Waals surface area contributed by atoms with E-state index >= 15 is 0 Å². The maximum Gasteiger partial charge on any atom is 0.209 e. The van der Waals surface area contributed by atoms with Gasteiger partial charge in [-0.05, 0) is 36.6 Å². The molecule has 28 heavy (non-hydrogen) atoms. The third-order valence-corrected chi connectivity index (χ3v) is 6.53. The first-order valence-electron chi connectivity index (χ1n) is 8.61. The van der Waals surface area contributed by atoms with Gasteiger partial charge in [0.05, 0.1) is 24.3 Å². The van der Waals surface area contributed by atoms with Crippen LogP contribution in [0.15, 0.2) is 46.2 Å². The van der Waals surface area contributed by atoms with Crippen molar-refractivity contribution in [3.05, 3.63) is 46.8 Å². The summed E-state index contributed by atoms with van der Waals surface area (Å²) in [5.74, 6) is 2.98. The molecule has 3 heterocycles. The molecule has 0 bridgehead atoms. The Labute approximate surface area is 175 Å². The molecule has 4 aromatic rings. The molecule has 144 valence electrons. The largest absolute Gasteiger partial charge is 0.493 e. The van der Waals surface area contributed by atoms with Gasteiger partial charge >= 0.3 is 0 Å². The van der Waals surface area contributed by atoms with Gasteiger partial charge in [-0.1, -0.05) is 17.8 Å². The summed E-state index contributed by atoms with van der Waals surface area (Å²) in [6.07, 6.45) is 0. The minimum Gasteiger partial charge on any atom is -0.493 e. The van der Waals surface area contributed by atoms with Crippen LogP contribution < -0.4 is 9.47 Å². The number of hydrogen-bond acceptors (Lipinski definition) is 8. The highest BCUT2D eigenvalue weighted by molar-refractivity contribution is 7.98. The van der Waals surface area contributed by atoms with E-state index in [0.717, 1.165) is 37.9 Å². The number of ether oxygens (including phenoxy) is 2. The highest BCUT2D eigenvalue weighted by atomic mass is 32.2. The molecule has 3 aromatic heterocycles. The van der Waals surface area contributed by atoms with Gasteiger partial charge in [0.2, 0.25) is 5.16 Å². The van der Waals surface area contributed by atoms with Crippen LogP contribution in [0.5, 0.6) is 11.5 Å². The van der Waals surface area contributed by atoms with Gasteiger partial charge in [0.25, 0.3) is 0 Å². The van der Waals surface area contributed by atoms with Crippen molar-refractivity contribution >= 4 is 34.4 Å². The topological polar surface area (TPSA) is 72.9 Å². The fraction of sp³-hybridized carbons (Fsp3) is 0.211. The second-order valence-electron chi connectivity index (χ2n) is 5.68. The molecule has 0 atom stereocenters. The lowest BCUT2D eigenvalue weighted by Gasteiger charge is -2.09. The smallest absolute Gasteiger partial charge is 0.209 e. The van der Waals surface area contributed by atoms with E-state index in [1.807, 2.05) is 42.6 Å². The average Bonchev–Trinajstić information content (AvgIpc) is 3.48. The van der Waals surface area contributed by atoms with Crippen molar-refractivity contribution in [2.45, 2.75) is 17.8 Å². The van der Waals surface area contributed by atoms with Gasteiger partial charge in [0, 0.05) is 16.7 Å². The van der Waals surface area contributed by atoms with E-state index in [2.05, 4.69) is 20.6 Å². The summed E-state index contributed by atoms with van der Waals surface area (Å²) in [4.78, 5) is 10.4. The van der Waals surface area contributed by atoms with E-state index in [1.54, 1.807) is 41.5 Å². The van der Waals surface area contributed by atoms with Crippen LogP contribution in [0.1, 0.15) is 12.6 Å². The number of nitrogens with zero attached hydrogens (tertiary/aromatic N) is 3. The van der Waals surface area contributed by atoms with E-state index in [9.17, 15) is 0 Å². The molecule has 0 aliphatic carbocycles. The number of aromatic nitrogens is 4. The van der Waals surface area contributed by atoms with Crippen LogP contribution in [0.3, 0.4) is 0 Å². The highest BCUT2D eigenvalue weighted by Gasteiger charge is 2.12. The third-order valence-electron chi connectivity index (χ3n) is 3.83. The van der Waals surface area contributed by atoms with Gasteiger partial charge in [0.1, 0.15) is 5.01 Å². The third kappa shape index (κ3) is 4.21. The summed E-state index contributed by atoms with van der Waals surface area (Å²) in [7, 11) is 1.65. The number of thioether (sulfide) groups is 1. The lowest BCUT2D eigenvalue weighted by molar-refractivity contribution is 0.311. The van der Waals surface area contributed by atoms with Crippen LogP contribution >= 0.6 is 34.4 Å². The van der Waals surface area contributed by atoms with Crippen molar-refractivity contribution in [1.29, 1.82) is 0 Å². The van der Waals surface area contributed by atoms with Crippen LogP contribution in [0, 0.1) is 0 Å². The monoisotopic (exact) mass is 430 g/mol. The number of H-pyrrole nitrogens is 1. The minimum atomic E-state index is 0.601. The Bertz CT molecular complexity index is 1040. The molecular formula is C19H18N4O2S3. The van der Waals surface area contributed by atoms with Crippen LogP contribution in [0.2, 0.25) is 0 Å². The maximum absolute atomic E-state index is 5.58. The minimum absolute atomic E-state index is 0.601. The number of hydrogen-bond donors (Lipinski definition) is 1. The lowest BCUT2D eigenvalue weighted by atomic mass is 10.2. The van der Waals surface area contributed by atoms with Gasteiger partial charge in [0.15, 0.2) is 17.3 Å². The number of methoxy groups -OCH3 is 1. The molecule has 4 rings (SSSR count). The molecule has 0 aliphatic rings. The molecule has 0 fully saturated rings. The van der Waals surface area contributed by atoms with Gasteiger partial charge in [-0.2, -0.15) is 0 Å². The average molecular weight is 431 g/mol. The zero-order chi connectivity index (χ0) is 19.3. The standard InChI is InChI=1S/C19H18N4O2S3/c1-3-25-14-7-6-12(9-15(14)24-2)18-20-13(10-27-18)11-28-19-21-17(22-23-19)16-5-4-8-26-16/h4-10H,3,11H2,1-2H3,(H,21,22,23). The maximum atomic E-state index is 5.58. The second kappa shape index (κ2) is 8.76. The number of rotatable bonds is 8. The SMILES string of the molecule is CCOc1ccc(-c2nc(CSc3n[nH]c(-c4cccs4)n3)cs2)cc1OC. The summed E-state index contributed by atoms with van der Waals surface area (Å²) in [6, 6.07) is 9.92. The first-order chi connectivity index (χ1) is 13.8. The Morgan fingerprint density at radius 1 is 1.14 bits per heavy atom. The van der Waals surface area contributed by atoms with Crippen molar-refractivity contribution in [3.8, 4) is 32.8 Å². The molecule has 0 spiro atoms. The van der Waals surface area contributed by atoms with Crippen molar-refractivity contribution < 1.29 is 9.47 Å². The molecule has 9 heteroatoms. The molecule has 0 unspecified atom stereocenters. The Balaban J connectivity index is 1.43. The Kier molecular flexibility index (Phi) is 5.94. The van der Waals surface area contributed by atoms with Gasteiger partial charge in [-0.3, -0.25) is 5.10 Å². The van der Waals surface area contributed by atoms with E-state index < -0.39 is 0 Å². The fourth-order valence-electron chi connectivity index (χ4n) is 2.55. The Hall–Kier alpha value is -2.36. The van der Waals surface area contributed by atoms with Crippen molar-refractivity contribution in [1.82, 2.24) is 20.2 Å². The molecule has 0 amide bonds. The summed E-state index contributed by atoms with van der Waals surface area (Å²) in [6.45, 7) is 2.56. The molecule has 0 radical (unpaired) electrons. The van der Waals surface area contributed by atoms with Crippen LogP contribution in [0.4, 0.5) is 0 Å². The zero-order valence-electron chi connectivity index (χ0n) is 15.3. The van der Waals surface area contributed by atoms with E-state index in [0.29, 0.717) is 18.1 Å². The van der Waals surface area contributed by atoms with Crippen LogP contribution in [-0.4, -0.2) is 33.9 Å². The molecule has 1 aromatic carbocycles. The predicted octanol–water partition coefficient (Wildman–Crippen LogP) is 5.36. The molecule has 6 nitrogen and oxygen atoms in total. The zero-order valence-corrected chi connectivity index (χ0v) is 17.8. The van der Waals surface area contributed by atoms with Gasteiger partial charge < -0.3 is 9.47 Å². The summed E-state index contributed by atoms with van der Waals surface area (Å²) >= 11 is 4.82. The van der Waals surface area contributed by atoms with Crippen molar-refractivity contribution in [3.63, 3.8) is 0 Å². The molecule has 1 N–H and O–H groups in total. The number of benzene rings is 1. The van der Waals surface area contributed by atoms with Gasteiger partial charge in [-0.25, -0.2) is 9.97 Å². The molecule has 0 aliphatic heterocycles. The first-order valence-corrected chi connectivity index (χ1v) is 11.4. The first kappa shape index (κ1) is 19.0. The molecule has 0 saturated carbocycles. The Morgan fingerprint density at radius 3 is 2.86 bits per heavy atom. The van der Waals surface area contributed by atoms with Crippen molar-refractivity contribution in [2.75, 3.05) is 13.7 Å². The van der Waals surface area contributed by atoms with E-state index in [-0.39, 0.29) is 0 Å². The summed E-state index contributed by atoms with van der Waals surface area (Å²) < 4.78 is 11.0. The fourth-order valence-corrected chi connectivity index (χ4v) is 4.83.